The maximum atomic E-state index is 12.3. The monoisotopic (exact) mass is 226 g/mol. The molecule has 0 aliphatic carbocycles. The number of rotatable bonds is 1. The minimum Gasteiger partial charge on any atom is -0.356 e. The minimum atomic E-state index is -0.365. The summed E-state index contributed by atoms with van der Waals surface area (Å²) in [6.45, 7) is 6.36. The maximum absolute atomic E-state index is 12.3. The Labute approximate surface area is 95.1 Å². The van der Waals surface area contributed by atoms with Crippen LogP contribution in [0, 0.1) is 0 Å². The highest BCUT2D eigenvalue weighted by molar-refractivity contribution is 5.91. The number of ether oxygens (including phenoxy) is 1. The van der Waals surface area contributed by atoms with Crippen molar-refractivity contribution in [2.45, 2.75) is 51.4 Å². The normalized spacial score (nSPS) is 32.9. The van der Waals surface area contributed by atoms with Crippen molar-refractivity contribution in [3.63, 3.8) is 0 Å². The van der Waals surface area contributed by atoms with E-state index in [2.05, 4.69) is 5.32 Å². The highest BCUT2D eigenvalue weighted by Crippen LogP contribution is 2.28. The van der Waals surface area contributed by atoms with Gasteiger partial charge >= 0.3 is 0 Å². The lowest BCUT2D eigenvalue weighted by molar-refractivity contribution is -0.141. The first-order valence-corrected chi connectivity index (χ1v) is 5.66. The zero-order valence-electron chi connectivity index (χ0n) is 9.95. The van der Waals surface area contributed by atoms with Crippen molar-refractivity contribution >= 4 is 11.8 Å². The van der Waals surface area contributed by atoms with Gasteiger partial charge in [0.1, 0.15) is 12.3 Å². The number of carbonyl (C=O) groups is 2. The van der Waals surface area contributed by atoms with Crippen LogP contribution in [0.15, 0.2) is 0 Å². The van der Waals surface area contributed by atoms with E-state index in [9.17, 15) is 9.59 Å². The summed E-state index contributed by atoms with van der Waals surface area (Å²) in [7, 11) is 0. The van der Waals surface area contributed by atoms with Crippen molar-refractivity contribution in [1.29, 1.82) is 0 Å². The fourth-order valence-corrected chi connectivity index (χ4v) is 2.41. The van der Waals surface area contributed by atoms with Gasteiger partial charge in [0.15, 0.2) is 0 Å². The van der Waals surface area contributed by atoms with Gasteiger partial charge < -0.3 is 15.0 Å². The first kappa shape index (κ1) is 11.4. The van der Waals surface area contributed by atoms with Gasteiger partial charge in [-0.1, -0.05) is 0 Å². The van der Waals surface area contributed by atoms with Gasteiger partial charge in [-0.15, -0.1) is 0 Å². The summed E-state index contributed by atoms with van der Waals surface area (Å²) in [5.74, 6) is -0.0650. The van der Waals surface area contributed by atoms with Crippen LogP contribution in [0.5, 0.6) is 0 Å². The molecule has 0 radical (unpaired) electrons. The Balaban J connectivity index is 2.12. The third kappa shape index (κ3) is 1.80. The fraction of sp³-hybridized carbons (Fsp3) is 0.818. The fourth-order valence-electron chi connectivity index (χ4n) is 2.41. The van der Waals surface area contributed by atoms with E-state index < -0.39 is 0 Å². The van der Waals surface area contributed by atoms with Crippen LogP contribution >= 0.6 is 0 Å². The first-order chi connectivity index (χ1) is 7.42. The summed E-state index contributed by atoms with van der Waals surface area (Å²) in [4.78, 5) is 25.1. The molecule has 2 aliphatic heterocycles. The summed E-state index contributed by atoms with van der Waals surface area (Å²) in [6.07, 6.45) is 0.830. The molecule has 2 atom stereocenters. The Kier molecular flexibility index (Phi) is 2.66. The molecule has 0 saturated carbocycles. The average Bonchev–Trinajstić information content (AvgIpc) is 2.71. The topological polar surface area (TPSA) is 58.6 Å². The van der Waals surface area contributed by atoms with Crippen LogP contribution in [0.4, 0.5) is 0 Å². The van der Waals surface area contributed by atoms with Crippen LogP contribution in [0.2, 0.25) is 0 Å². The quantitative estimate of drug-likeness (QED) is 0.697. The lowest BCUT2D eigenvalue weighted by atomic mass is 10.0. The Morgan fingerprint density at radius 3 is 2.69 bits per heavy atom. The van der Waals surface area contributed by atoms with Gasteiger partial charge in [-0.25, -0.2) is 0 Å². The van der Waals surface area contributed by atoms with Crippen molar-refractivity contribution in [3.8, 4) is 0 Å². The Morgan fingerprint density at radius 1 is 1.56 bits per heavy atom. The Bertz CT molecular complexity index is 327. The predicted molar refractivity (Wildman–Crippen MR) is 57.5 cm³/mol. The molecule has 1 N–H and O–H groups in total. The van der Waals surface area contributed by atoms with Gasteiger partial charge in [-0.2, -0.15) is 0 Å². The van der Waals surface area contributed by atoms with Crippen molar-refractivity contribution in [2.24, 2.45) is 0 Å². The van der Waals surface area contributed by atoms with Crippen molar-refractivity contribution in [1.82, 2.24) is 10.2 Å². The summed E-state index contributed by atoms with van der Waals surface area (Å²) in [5, 5.41) is 2.70. The lowest BCUT2D eigenvalue weighted by Gasteiger charge is -2.33. The number of amides is 2. The lowest BCUT2D eigenvalue weighted by Crippen LogP contribution is -2.53. The molecule has 0 aromatic rings. The van der Waals surface area contributed by atoms with E-state index in [1.54, 1.807) is 4.90 Å². The van der Waals surface area contributed by atoms with Crippen LogP contribution in [-0.2, 0) is 14.3 Å². The van der Waals surface area contributed by atoms with Crippen LogP contribution in [0.1, 0.15) is 33.6 Å². The molecule has 2 fully saturated rings. The molecule has 16 heavy (non-hydrogen) atoms. The summed E-state index contributed by atoms with van der Waals surface area (Å²) >= 11 is 0. The van der Waals surface area contributed by atoms with Crippen molar-refractivity contribution in [2.75, 3.05) is 6.61 Å². The molecule has 90 valence electrons. The highest BCUT2D eigenvalue weighted by Gasteiger charge is 2.44. The van der Waals surface area contributed by atoms with Crippen molar-refractivity contribution < 1.29 is 14.3 Å². The van der Waals surface area contributed by atoms with E-state index >= 15 is 0 Å². The SMILES string of the molecule is CC1OCC(C)(C)N1C(=O)C1CCC(=O)N1. The second-order valence-electron chi connectivity index (χ2n) is 5.09. The zero-order chi connectivity index (χ0) is 11.9. The van der Waals surface area contributed by atoms with Crippen LogP contribution in [0.25, 0.3) is 0 Å². The maximum Gasteiger partial charge on any atom is 0.247 e. The second-order valence-corrected chi connectivity index (χ2v) is 5.09. The molecule has 2 saturated heterocycles. The van der Waals surface area contributed by atoms with Gasteiger partial charge in [0.2, 0.25) is 11.8 Å². The van der Waals surface area contributed by atoms with E-state index in [0.717, 1.165) is 0 Å². The van der Waals surface area contributed by atoms with E-state index in [4.69, 9.17) is 4.74 Å². The average molecular weight is 226 g/mol. The predicted octanol–water partition coefficient (Wildman–Crippen LogP) is 0.248. The Morgan fingerprint density at radius 2 is 2.25 bits per heavy atom. The molecule has 2 amide bonds. The summed E-state index contributed by atoms with van der Waals surface area (Å²) in [6, 6.07) is -0.365. The number of hydrogen-bond acceptors (Lipinski definition) is 3. The number of carbonyl (C=O) groups excluding carboxylic acids is 2. The van der Waals surface area contributed by atoms with E-state index in [0.29, 0.717) is 19.4 Å². The molecule has 0 bridgehead atoms. The molecule has 5 heteroatoms. The van der Waals surface area contributed by atoms with Gasteiger partial charge in [0, 0.05) is 6.42 Å². The van der Waals surface area contributed by atoms with Gasteiger partial charge in [-0.3, -0.25) is 9.59 Å². The molecule has 0 spiro atoms. The van der Waals surface area contributed by atoms with E-state index in [1.807, 2.05) is 20.8 Å². The van der Waals surface area contributed by atoms with Crippen molar-refractivity contribution in [3.05, 3.63) is 0 Å². The first-order valence-electron chi connectivity index (χ1n) is 5.66. The molecular formula is C11H18N2O3. The van der Waals surface area contributed by atoms with Gasteiger partial charge in [0.25, 0.3) is 0 Å². The largest absolute Gasteiger partial charge is 0.356 e. The molecular weight excluding hydrogens is 208 g/mol. The molecule has 2 aliphatic rings. The third-order valence-electron chi connectivity index (χ3n) is 3.22. The zero-order valence-corrected chi connectivity index (χ0v) is 9.95. The summed E-state index contributed by atoms with van der Waals surface area (Å²) < 4.78 is 5.48. The summed E-state index contributed by atoms with van der Waals surface area (Å²) in [5.41, 5.74) is -0.288. The van der Waals surface area contributed by atoms with Crippen LogP contribution < -0.4 is 5.32 Å². The van der Waals surface area contributed by atoms with Crippen LogP contribution in [-0.4, -0.2) is 41.1 Å². The molecule has 0 aromatic heterocycles. The molecule has 5 nitrogen and oxygen atoms in total. The van der Waals surface area contributed by atoms with E-state index in [1.165, 1.54) is 0 Å². The second kappa shape index (κ2) is 3.73. The number of nitrogens with one attached hydrogen (secondary N) is 1. The molecule has 2 unspecified atom stereocenters. The highest BCUT2D eigenvalue weighted by atomic mass is 16.5. The van der Waals surface area contributed by atoms with Gasteiger partial charge in [0.05, 0.1) is 12.1 Å². The van der Waals surface area contributed by atoms with E-state index in [-0.39, 0.29) is 29.6 Å². The standard InChI is InChI=1S/C11H18N2O3/c1-7-13(11(2,3)6-16-7)10(15)8-4-5-9(14)12-8/h7-8H,4-6H2,1-3H3,(H,12,14). The molecule has 2 heterocycles. The van der Waals surface area contributed by atoms with Gasteiger partial charge in [-0.05, 0) is 27.2 Å². The smallest absolute Gasteiger partial charge is 0.247 e. The molecule has 0 aromatic carbocycles. The third-order valence-corrected chi connectivity index (χ3v) is 3.22. The van der Waals surface area contributed by atoms with Crippen LogP contribution in [0.3, 0.4) is 0 Å². The number of hydrogen-bond donors (Lipinski definition) is 1. The number of nitrogens with zero attached hydrogens (tertiary/aromatic N) is 1. The molecule has 2 rings (SSSR count). The minimum absolute atomic E-state index is 0.0270. The Hall–Kier alpha value is -1.10.